The zero-order valence-electron chi connectivity index (χ0n) is 10.4. The molecule has 0 fully saturated rings. The van der Waals surface area contributed by atoms with Crippen molar-refractivity contribution < 1.29 is 32.2 Å². The summed E-state index contributed by atoms with van der Waals surface area (Å²) in [6, 6.07) is 8.32. The molecular weight excluding hydrogens is 289 g/mol. The summed E-state index contributed by atoms with van der Waals surface area (Å²) in [5.41, 5.74) is 0.381. The highest BCUT2D eigenvalue weighted by atomic mass is 19.4. The zero-order valence-corrected chi connectivity index (χ0v) is 10.4. The van der Waals surface area contributed by atoms with Crippen LogP contribution in [-0.4, -0.2) is 17.4 Å². The molecule has 1 N–H and O–H groups in total. The van der Waals surface area contributed by atoms with Crippen LogP contribution in [0.5, 0.6) is 5.75 Å². The van der Waals surface area contributed by atoms with Gasteiger partial charge in [0.15, 0.2) is 0 Å². The molecule has 0 atom stereocenters. The Morgan fingerprint density at radius 3 is 2.67 bits per heavy atom. The summed E-state index contributed by atoms with van der Waals surface area (Å²) < 4.78 is 45.6. The van der Waals surface area contributed by atoms with Crippen molar-refractivity contribution >= 4 is 12.0 Å². The number of carbonyl (C=O) groups is 1. The lowest BCUT2D eigenvalue weighted by Crippen LogP contribution is -2.17. The molecular formula is C14H9F3O4. The maximum atomic E-state index is 12.1. The van der Waals surface area contributed by atoms with Gasteiger partial charge in [0.1, 0.15) is 17.3 Å². The Morgan fingerprint density at radius 2 is 2.00 bits per heavy atom. The molecule has 21 heavy (non-hydrogen) atoms. The zero-order chi connectivity index (χ0) is 15.5. The number of ether oxygens (including phenoxy) is 1. The molecule has 0 unspecified atom stereocenters. The van der Waals surface area contributed by atoms with E-state index in [0.29, 0.717) is 11.3 Å². The molecule has 0 saturated carbocycles. The Kier molecular flexibility index (Phi) is 4.02. The van der Waals surface area contributed by atoms with Gasteiger partial charge in [-0.05, 0) is 30.3 Å². The third-order valence-corrected chi connectivity index (χ3v) is 2.37. The van der Waals surface area contributed by atoms with E-state index in [9.17, 15) is 18.0 Å². The van der Waals surface area contributed by atoms with Crippen molar-refractivity contribution in [1.29, 1.82) is 0 Å². The number of halogens is 3. The highest BCUT2D eigenvalue weighted by Crippen LogP contribution is 2.29. The molecule has 110 valence electrons. The number of hydrogen-bond donors (Lipinski definition) is 1. The van der Waals surface area contributed by atoms with Crippen LogP contribution in [0.4, 0.5) is 13.2 Å². The van der Waals surface area contributed by atoms with E-state index in [1.165, 1.54) is 36.4 Å². The summed E-state index contributed by atoms with van der Waals surface area (Å²) in [6.07, 6.45) is -2.63. The van der Waals surface area contributed by atoms with Crippen LogP contribution < -0.4 is 4.74 Å². The number of rotatable bonds is 4. The van der Waals surface area contributed by atoms with E-state index < -0.39 is 12.3 Å². The van der Waals surface area contributed by atoms with Crippen LogP contribution in [0.1, 0.15) is 5.76 Å². The Hall–Kier alpha value is -2.70. The highest BCUT2D eigenvalue weighted by Gasteiger charge is 2.31. The average Bonchev–Trinajstić information content (AvgIpc) is 2.83. The molecule has 2 rings (SSSR count). The second-order valence-electron chi connectivity index (χ2n) is 3.95. The van der Waals surface area contributed by atoms with Crippen molar-refractivity contribution in [3.63, 3.8) is 0 Å². The molecule has 4 nitrogen and oxygen atoms in total. The molecule has 1 aromatic heterocycles. The number of hydrogen-bond acceptors (Lipinski definition) is 3. The molecule has 2 aromatic rings. The first-order valence-corrected chi connectivity index (χ1v) is 5.70. The maximum Gasteiger partial charge on any atom is 0.573 e. The molecule has 0 aliphatic carbocycles. The fraction of sp³-hybridized carbons (Fsp3) is 0.0714. The lowest BCUT2D eigenvalue weighted by molar-refractivity contribution is -0.274. The topological polar surface area (TPSA) is 59.7 Å². The van der Waals surface area contributed by atoms with Crippen molar-refractivity contribution in [2.75, 3.05) is 0 Å². The number of carboxylic acid groups (broad SMARTS) is 1. The third-order valence-electron chi connectivity index (χ3n) is 2.37. The van der Waals surface area contributed by atoms with Crippen molar-refractivity contribution in [3.05, 3.63) is 48.2 Å². The molecule has 0 saturated heterocycles. The van der Waals surface area contributed by atoms with Crippen molar-refractivity contribution in [1.82, 2.24) is 0 Å². The Morgan fingerprint density at radius 1 is 1.24 bits per heavy atom. The van der Waals surface area contributed by atoms with Gasteiger partial charge in [-0.15, -0.1) is 13.2 Å². The van der Waals surface area contributed by atoms with Gasteiger partial charge in [-0.1, -0.05) is 12.1 Å². The summed E-state index contributed by atoms with van der Waals surface area (Å²) in [4.78, 5) is 10.4. The predicted molar refractivity (Wildman–Crippen MR) is 67.5 cm³/mol. The van der Waals surface area contributed by atoms with Crippen LogP contribution in [0.25, 0.3) is 17.4 Å². The van der Waals surface area contributed by atoms with Crippen LogP contribution in [0.3, 0.4) is 0 Å². The number of benzene rings is 1. The van der Waals surface area contributed by atoms with Crippen molar-refractivity contribution in [2.24, 2.45) is 0 Å². The van der Waals surface area contributed by atoms with Gasteiger partial charge in [0.05, 0.1) is 0 Å². The highest BCUT2D eigenvalue weighted by molar-refractivity contribution is 5.84. The SMILES string of the molecule is O=C(O)/C=C/c1ccc(-c2cccc(OC(F)(F)F)c2)o1. The number of aliphatic carboxylic acids is 1. The molecule has 1 aromatic carbocycles. The van der Waals surface area contributed by atoms with E-state index in [0.717, 1.165) is 6.08 Å². The van der Waals surface area contributed by atoms with Gasteiger partial charge < -0.3 is 14.3 Å². The van der Waals surface area contributed by atoms with E-state index in [4.69, 9.17) is 9.52 Å². The summed E-state index contributed by atoms with van der Waals surface area (Å²) in [5.74, 6) is -0.922. The molecule has 0 aliphatic rings. The molecule has 0 aliphatic heterocycles. The summed E-state index contributed by atoms with van der Waals surface area (Å²) >= 11 is 0. The van der Waals surface area contributed by atoms with Gasteiger partial charge in [0, 0.05) is 11.6 Å². The summed E-state index contributed by atoms with van der Waals surface area (Å²) in [7, 11) is 0. The predicted octanol–water partition coefficient (Wildman–Crippen LogP) is 3.94. The van der Waals surface area contributed by atoms with E-state index in [1.807, 2.05) is 0 Å². The molecule has 0 amide bonds. The molecule has 0 spiro atoms. The first-order valence-electron chi connectivity index (χ1n) is 5.70. The minimum atomic E-state index is -4.77. The average molecular weight is 298 g/mol. The lowest BCUT2D eigenvalue weighted by atomic mass is 10.1. The molecule has 1 heterocycles. The van der Waals surface area contributed by atoms with Crippen molar-refractivity contribution in [2.45, 2.75) is 6.36 Å². The van der Waals surface area contributed by atoms with Gasteiger partial charge in [-0.2, -0.15) is 0 Å². The first kappa shape index (κ1) is 14.7. The quantitative estimate of drug-likeness (QED) is 0.868. The third kappa shape index (κ3) is 4.41. The van der Waals surface area contributed by atoms with Gasteiger partial charge >= 0.3 is 12.3 Å². The summed E-state index contributed by atoms with van der Waals surface area (Å²) in [6.45, 7) is 0. The Labute approximate surface area is 117 Å². The largest absolute Gasteiger partial charge is 0.573 e. The second-order valence-corrected chi connectivity index (χ2v) is 3.95. The van der Waals surface area contributed by atoms with Gasteiger partial charge in [0.25, 0.3) is 0 Å². The monoisotopic (exact) mass is 298 g/mol. The van der Waals surface area contributed by atoms with Crippen LogP contribution in [0.15, 0.2) is 46.9 Å². The smallest absolute Gasteiger partial charge is 0.478 e. The maximum absolute atomic E-state index is 12.1. The van der Waals surface area contributed by atoms with E-state index in [-0.39, 0.29) is 11.5 Å². The normalized spacial score (nSPS) is 11.8. The second kappa shape index (κ2) is 5.74. The first-order chi connectivity index (χ1) is 9.83. The standard InChI is InChI=1S/C14H9F3O4/c15-14(16,17)21-11-3-1-2-9(8-11)12-6-4-10(20-12)5-7-13(18)19/h1-8H,(H,18,19)/b7-5+. The van der Waals surface area contributed by atoms with E-state index in [1.54, 1.807) is 6.07 Å². The Bertz CT molecular complexity index is 671. The molecule has 0 radical (unpaired) electrons. The molecule has 0 bridgehead atoms. The number of alkyl halides is 3. The van der Waals surface area contributed by atoms with Crippen LogP contribution in [0.2, 0.25) is 0 Å². The van der Waals surface area contributed by atoms with Gasteiger partial charge in [-0.3, -0.25) is 0 Å². The number of furan rings is 1. The minimum absolute atomic E-state index is 0.273. The van der Waals surface area contributed by atoms with Gasteiger partial charge in [-0.25, -0.2) is 4.79 Å². The van der Waals surface area contributed by atoms with E-state index >= 15 is 0 Å². The van der Waals surface area contributed by atoms with Crippen LogP contribution in [-0.2, 0) is 4.79 Å². The minimum Gasteiger partial charge on any atom is -0.478 e. The fourth-order valence-electron chi connectivity index (χ4n) is 1.60. The Balaban J connectivity index is 2.22. The fourth-order valence-corrected chi connectivity index (χ4v) is 1.60. The summed E-state index contributed by atoms with van der Waals surface area (Å²) in [5, 5.41) is 8.49. The molecule has 7 heteroatoms. The van der Waals surface area contributed by atoms with E-state index in [2.05, 4.69) is 4.74 Å². The van der Waals surface area contributed by atoms with Crippen molar-refractivity contribution in [3.8, 4) is 17.1 Å². The van der Waals surface area contributed by atoms with Crippen LogP contribution >= 0.6 is 0 Å². The van der Waals surface area contributed by atoms with Gasteiger partial charge in [0.2, 0.25) is 0 Å². The van der Waals surface area contributed by atoms with Crippen LogP contribution in [0, 0.1) is 0 Å². The lowest BCUT2D eigenvalue weighted by Gasteiger charge is -2.09. The number of carboxylic acids is 1.